The van der Waals surface area contributed by atoms with E-state index >= 15 is 0 Å². The lowest BCUT2D eigenvalue weighted by Gasteiger charge is -2.34. The van der Waals surface area contributed by atoms with Gasteiger partial charge < -0.3 is 20.1 Å². The Morgan fingerprint density at radius 1 is 1.05 bits per heavy atom. The third kappa shape index (κ3) is 4.44. The van der Waals surface area contributed by atoms with E-state index in [0.29, 0.717) is 0 Å². The van der Waals surface area contributed by atoms with Crippen LogP contribution in [0.5, 0.6) is 0 Å². The lowest BCUT2D eigenvalue weighted by atomic mass is 9.72. The number of esters is 1. The zero-order valence-electron chi connectivity index (χ0n) is 12.2. The summed E-state index contributed by atoms with van der Waals surface area (Å²) in [6, 6.07) is 0. The van der Waals surface area contributed by atoms with Crippen molar-refractivity contribution in [1.82, 2.24) is 0 Å². The van der Waals surface area contributed by atoms with Crippen LogP contribution in [0.15, 0.2) is 0 Å². The fourth-order valence-corrected chi connectivity index (χ4v) is 2.20. The van der Waals surface area contributed by atoms with Crippen LogP contribution in [0.4, 0.5) is 0 Å². The van der Waals surface area contributed by atoms with Gasteiger partial charge in [0.1, 0.15) is 5.41 Å². The second-order valence-electron chi connectivity index (χ2n) is 4.79. The smallest absolute Gasteiger partial charge is 0.346 e. The van der Waals surface area contributed by atoms with Crippen molar-refractivity contribution in [3.8, 4) is 0 Å². The molecule has 8 nitrogen and oxygen atoms in total. The Morgan fingerprint density at radius 2 is 1.57 bits per heavy atom. The van der Waals surface area contributed by atoms with E-state index in [4.69, 9.17) is 5.11 Å². The standard InChI is InChI=1S/C13H20O8/c1-4-8(10(15)16)6-13(5-2,12(19)20)9(11(17)18)21-7(3)14/h8-9H,4-6H2,1-3H3,(H,15,16)(H,17,18)(H,19,20). The molecule has 0 radical (unpaired) electrons. The molecule has 3 atom stereocenters. The van der Waals surface area contributed by atoms with Crippen LogP contribution in [0.2, 0.25) is 0 Å². The maximum Gasteiger partial charge on any atom is 0.346 e. The summed E-state index contributed by atoms with van der Waals surface area (Å²) < 4.78 is 4.64. The molecule has 8 heteroatoms. The van der Waals surface area contributed by atoms with Crippen molar-refractivity contribution >= 4 is 23.9 Å². The quantitative estimate of drug-likeness (QED) is 0.536. The molecule has 0 bridgehead atoms. The van der Waals surface area contributed by atoms with Crippen molar-refractivity contribution in [2.75, 3.05) is 0 Å². The van der Waals surface area contributed by atoms with Gasteiger partial charge in [-0.25, -0.2) is 4.79 Å². The van der Waals surface area contributed by atoms with Crippen LogP contribution >= 0.6 is 0 Å². The number of carboxylic acids is 3. The molecule has 0 spiro atoms. The van der Waals surface area contributed by atoms with Crippen molar-refractivity contribution < 1.29 is 39.2 Å². The Labute approximate surface area is 121 Å². The number of rotatable bonds is 9. The minimum absolute atomic E-state index is 0.136. The average Bonchev–Trinajstić information content (AvgIpc) is 2.37. The number of aliphatic carboxylic acids is 3. The van der Waals surface area contributed by atoms with Crippen LogP contribution in [-0.2, 0) is 23.9 Å². The molecule has 3 unspecified atom stereocenters. The van der Waals surface area contributed by atoms with E-state index in [1.165, 1.54) is 6.92 Å². The average molecular weight is 304 g/mol. The van der Waals surface area contributed by atoms with Crippen LogP contribution < -0.4 is 0 Å². The van der Waals surface area contributed by atoms with Crippen LogP contribution in [-0.4, -0.2) is 45.3 Å². The highest BCUT2D eigenvalue weighted by Gasteiger charge is 2.52. The molecule has 0 amide bonds. The summed E-state index contributed by atoms with van der Waals surface area (Å²) in [7, 11) is 0. The van der Waals surface area contributed by atoms with Gasteiger partial charge in [0.05, 0.1) is 5.92 Å². The molecule has 3 N–H and O–H groups in total. The third-order valence-corrected chi connectivity index (χ3v) is 3.52. The molecule has 21 heavy (non-hydrogen) atoms. The first-order chi connectivity index (χ1) is 9.62. The SMILES string of the molecule is CCC(CC(CC)(C(=O)O)C(OC(C)=O)C(=O)O)C(=O)O. The van der Waals surface area contributed by atoms with Gasteiger partial charge in [0.15, 0.2) is 0 Å². The van der Waals surface area contributed by atoms with E-state index in [1.807, 2.05) is 0 Å². The van der Waals surface area contributed by atoms with Gasteiger partial charge in [-0.1, -0.05) is 13.8 Å². The van der Waals surface area contributed by atoms with Gasteiger partial charge in [0.2, 0.25) is 6.10 Å². The highest BCUT2D eigenvalue weighted by molar-refractivity contribution is 5.87. The van der Waals surface area contributed by atoms with Gasteiger partial charge in [-0.05, 0) is 19.3 Å². The molecule has 0 fully saturated rings. The fraction of sp³-hybridized carbons (Fsp3) is 0.692. The van der Waals surface area contributed by atoms with Crippen molar-refractivity contribution in [2.45, 2.75) is 46.1 Å². The van der Waals surface area contributed by atoms with Crippen LogP contribution in [0, 0.1) is 11.3 Å². The van der Waals surface area contributed by atoms with E-state index < -0.39 is 47.7 Å². The summed E-state index contributed by atoms with van der Waals surface area (Å²) in [5.74, 6) is -6.32. The first-order valence-corrected chi connectivity index (χ1v) is 6.48. The molecule has 0 aromatic carbocycles. The molecule has 0 rings (SSSR count). The van der Waals surface area contributed by atoms with Gasteiger partial charge in [0, 0.05) is 6.92 Å². The maximum atomic E-state index is 11.6. The lowest BCUT2D eigenvalue weighted by Crippen LogP contribution is -2.50. The predicted molar refractivity (Wildman–Crippen MR) is 69.6 cm³/mol. The van der Waals surface area contributed by atoms with Gasteiger partial charge in [-0.2, -0.15) is 0 Å². The van der Waals surface area contributed by atoms with Gasteiger partial charge >= 0.3 is 23.9 Å². The first kappa shape index (κ1) is 18.9. The van der Waals surface area contributed by atoms with Crippen LogP contribution in [0.1, 0.15) is 40.0 Å². The highest BCUT2D eigenvalue weighted by Crippen LogP contribution is 2.38. The molecule has 120 valence electrons. The number of carboxylic acid groups (broad SMARTS) is 3. The lowest BCUT2D eigenvalue weighted by molar-refractivity contribution is -0.184. The summed E-state index contributed by atoms with van der Waals surface area (Å²) in [6.45, 7) is 3.94. The zero-order chi connectivity index (χ0) is 16.8. The van der Waals surface area contributed by atoms with E-state index in [1.54, 1.807) is 6.92 Å². The van der Waals surface area contributed by atoms with Crippen molar-refractivity contribution in [3.05, 3.63) is 0 Å². The molecular formula is C13H20O8. The topological polar surface area (TPSA) is 138 Å². The van der Waals surface area contributed by atoms with Crippen molar-refractivity contribution in [3.63, 3.8) is 0 Å². The number of hydrogen-bond donors (Lipinski definition) is 3. The van der Waals surface area contributed by atoms with Crippen LogP contribution in [0.3, 0.4) is 0 Å². The summed E-state index contributed by atoms with van der Waals surface area (Å²) in [6.07, 6.45) is -2.42. The second-order valence-corrected chi connectivity index (χ2v) is 4.79. The molecule has 0 aliphatic carbocycles. The summed E-state index contributed by atoms with van der Waals surface area (Å²) in [4.78, 5) is 45.1. The Balaban J connectivity index is 5.79. The van der Waals surface area contributed by atoms with Gasteiger partial charge in [0.25, 0.3) is 0 Å². The highest BCUT2D eigenvalue weighted by atomic mass is 16.6. The molecule has 0 saturated carbocycles. The minimum atomic E-state index is -1.99. The summed E-state index contributed by atoms with van der Waals surface area (Å²) in [5.41, 5.74) is -1.99. The molecule has 0 aliphatic heterocycles. The fourth-order valence-electron chi connectivity index (χ4n) is 2.20. The number of hydrogen-bond acceptors (Lipinski definition) is 5. The maximum absolute atomic E-state index is 11.6. The number of ether oxygens (including phenoxy) is 1. The monoisotopic (exact) mass is 304 g/mol. The predicted octanol–water partition coefficient (Wildman–Crippen LogP) is 0.985. The minimum Gasteiger partial charge on any atom is -0.481 e. The third-order valence-electron chi connectivity index (χ3n) is 3.52. The molecule has 0 saturated heterocycles. The Bertz CT molecular complexity index is 430. The molecule has 0 heterocycles. The van der Waals surface area contributed by atoms with Gasteiger partial charge in [-0.3, -0.25) is 14.4 Å². The Morgan fingerprint density at radius 3 is 1.81 bits per heavy atom. The number of carbonyl (C=O) groups is 4. The number of carbonyl (C=O) groups excluding carboxylic acids is 1. The van der Waals surface area contributed by atoms with E-state index in [2.05, 4.69) is 4.74 Å². The second kappa shape index (κ2) is 7.61. The van der Waals surface area contributed by atoms with E-state index in [0.717, 1.165) is 6.92 Å². The summed E-state index contributed by atoms with van der Waals surface area (Å²) >= 11 is 0. The van der Waals surface area contributed by atoms with Gasteiger partial charge in [-0.15, -0.1) is 0 Å². The molecule has 0 aromatic rings. The largest absolute Gasteiger partial charge is 0.481 e. The Hall–Kier alpha value is -2.12. The van der Waals surface area contributed by atoms with Crippen LogP contribution in [0.25, 0.3) is 0 Å². The Kier molecular flexibility index (Phi) is 6.84. The molecular weight excluding hydrogens is 284 g/mol. The first-order valence-electron chi connectivity index (χ1n) is 6.48. The zero-order valence-corrected chi connectivity index (χ0v) is 12.2. The molecule has 0 aliphatic rings. The normalized spacial score (nSPS) is 16.3. The molecule has 0 aromatic heterocycles. The van der Waals surface area contributed by atoms with Crippen molar-refractivity contribution in [2.24, 2.45) is 11.3 Å². The van der Waals surface area contributed by atoms with Crippen molar-refractivity contribution in [1.29, 1.82) is 0 Å². The summed E-state index contributed by atoms with van der Waals surface area (Å²) in [5, 5.41) is 27.7. The van der Waals surface area contributed by atoms with E-state index in [-0.39, 0.29) is 12.8 Å². The van der Waals surface area contributed by atoms with E-state index in [9.17, 15) is 29.4 Å².